The Balaban J connectivity index is 1.73. The molecule has 2 aromatic heterocycles. The van der Waals surface area contributed by atoms with Crippen LogP contribution in [0.4, 0.5) is 5.69 Å². The number of rotatable bonds is 1. The van der Waals surface area contributed by atoms with Gasteiger partial charge < -0.3 is 9.51 Å². The average molecular weight is 349 g/mol. The SMILES string of the molecule is O=[N+]([O-])c1ccc2c(c1)Cc1c(nc3c4cccc(O)c4ccn13)S2. The Hall–Kier alpha value is -3.06. The van der Waals surface area contributed by atoms with Gasteiger partial charge >= 0.3 is 0 Å². The third-order valence-corrected chi connectivity index (χ3v) is 5.65. The zero-order valence-electron chi connectivity index (χ0n) is 12.8. The van der Waals surface area contributed by atoms with Crippen molar-refractivity contribution in [3.05, 3.63) is 70.0 Å². The first-order valence-electron chi connectivity index (χ1n) is 7.68. The first-order chi connectivity index (χ1) is 12.1. The van der Waals surface area contributed by atoms with Gasteiger partial charge in [-0.25, -0.2) is 4.98 Å². The van der Waals surface area contributed by atoms with Gasteiger partial charge in [-0.15, -0.1) is 0 Å². The summed E-state index contributed by atoms with van der Waals surface area (Å²) >= 11 is 1.52. The minimum atomic E-state index is -0.370. The van der Waals surface area contributed by atoms with E-state index >= 15 is 0 Å². The fourth-order valence-electron chi connectivity index (χ4n) is 3.31. The molecule has 0 unspecified atom stereocenters. The van der Waals surface area contributed by atoms with Crippen molar-refractivity contribution >= 4 is 33.9 Å². The maximum Gasteiger partial charge on any atom is 0.269 e. The van der Waals surface area contributed by atoms with Crippen LogP contribution in [0.2, 0.25) is 0 Å². The molecule has 0 amide bonds. The molecule has 5 rings (SSSR count). The number of phenols is 1. The lowest BCUT2D eigenvalue weighted by Gasteiger charge is -2.15. The fraction of sp³-hybridized carbons (Fsp3) is 0.0556. The van der Waals surface area contributed by atoms with Crippen LogP contribution in [0.25, 0.3) is 16.4 Å². The molecule has 7 heteroatoms. The van der Waals surface area contributed by atoms with Crippen LogP contribution in [0.3, 0.4) is 0 Å². The highest BCUT2D eigenvalue weighted by Crippen LogP contribution is 2.41. The van der Waals surface area contributed by atoms with Crippen molar-refractivity contribution in [3.8, 4) is 5.75 Å². The molecule has 0 spiro atoms. The number of aromatic hydroxyl groups is 1. The van der Waals surface area contributed by atoms with Crippen molar-refractivity contribution in [3.63, 3.8) is 0 Å². The predicted molar refractivity (Wildman–Crippen MR) is 94.4 cm³/mol. The summed E-state index contributed by atoms with van der Waals surface area (Å²) in [6.45, 7) is 0. The van der Waals surface area contributed by atoms with Gasteiger partial charge in [0.15, 0.2) is 0 Å². The van der Waals surface area contributed by atoms with Crippen molar-refractivity contribution in [1.29, 1.82) is 0 Å². The van der Waals surface area contributed by atoms with E-state index in [1.54, 1.807) is 24.3 Å². The number of hydrogen-bond acceptors (Lipinski definition) is 5. The van der Waals surface area contributed by atoms with E-state index in [0.717, 1.165) is 37.6 Å². The zero-order valence-corrected chi connectivity index (χ0v) is 13.7. The highest BCUT2D eigenvalue weighted by Gasteiger charge is 2.24. The van der Waals surface area contributed by atoms with E-state index in [2.05, 4.69) is 0 Å². The third-order valence-electron chi connectivity index (χ3n) is 4.51. The summed E-state index contributed by atoms with van der Waals surface area (Å²) in [6, 6.07) is 12.2. The maximum atomic E-state index is 11.0. The molecule has 0 atom stereocenters. The predicted octanol–water partition coefficient (Wildman–Crippen LogP) is 4.16. The molecule has 3 heterocycles. The largest absolute Gasteiger partial charge is 0.507 e. The Labute approximate surface area is 145 Å². The summed E-state index contributed by atoms with van der Waals surface area (Å²) in [6.07, 6.45) is 2.48. The fourth-order valence-corrected chi connectivity index (χ4v) is 4.34. The topological polar surface area (TPSA) is 80.7 Å². The van der Waals surface area contributed by atoms with Gasteiger partial charge in [0, 0.05) is 40.4 Å². The van der Waals surface area contributed by atoms with Crippen LogP contribution in [0.1, 0.15) is 11.3 Å². The van der Waals surface area contributed by atoms with Gasteiger partial charge in [0.05, 0.1) is 10.6 Å². The van der Waals surface area contributed by atoms with Gasteiger partial charge in [0.1, 0.15) is 16.4 Å². The molecule has 25 heavy (non-hydrogen) atoms. The Morgan fingerprint density at radius 1 is 1.20 bits per heavy atom. The molecule has 0 radical (unpaired) electrons. The number of nitro groups is 1. The average Bonchev–Trinajstić information content (AvgIpc) is 2.97. The number of phenolic OH excluding ortho intramolecular Hbond substituents is 1. The number of nitro benzene ring substituents is 1. The molecular weight excluding hydrogens is 338 g/mol. The standard InChI is InChI=1S/C18H11N3O3S/c22-15-3-1-2-13-12(15)6-7-20-14-9-10-8-11(21(23)24)4-5-16(10)25-18(14)19-17(13)20/h1-8,22H,9H2. The van der Waals surface area contributed by atoms with Crippen LogP contribution < -0.4 is 0 Å². The molecule has 0 fully saturated rings. The van der Waals surface area contributed by atoms with Gasteiger partial charge in [-0.3, -0.25) is 10.1 Å². The van der Waals surface area contributed by atoms with E-state index in [1.165, 1.54) is 17.8 Å². The van der Waals surface area contributed by atoms with E-state index in [-0.39, 0.29) is 16.4 Å². The van der Waals surface area contributed by atoms with Crippen molar-refractivity contribution < 1.29 is 10.0 Å². The smallest absolute Gasteiger partial charge is 0.269 e. The quantitative estimate of drug-likeness (QED) is 0.363. The van der Waals surface area contributed by atoms with E-state index < -0.39 is 0 Å². The summed E-state index contributed by atoms with van der Waals surface area (Å²) in [5.41, 5.74) is 2.84. The second-order valence-electron chi connectivity index (χ2n) is 5.94. The first kappa shape index (κ1) is 14.3. The minimum Gasteiger partial charge on any atom is -0.507 e. The Morgan fingerprint density at radius 3 is 2.92 bits per heavy atom. The van der Waals surface area contributed by atoms with Gasteiger partial charge in [0.2, 0.25) is 0 Å². The normalized spacial score (nSPS) is 13.0. The molecule has 0 saturated heterocycles. The van der Waals surface area contributed by atoms with Gasteiger partial charge in [-0.2, -0.15) is 0 Å². The highest BCUT2D eigenvalue weighted by atomic mass is 32.2. The molecule has 1 aliphatic heterocycles. The first-order valence-corrected chi connectivity index (χ1v) is 8.50. The molecule has 122 valence electrons. The van der Waals surface area contributed by atoms with Gasteiger partial charge in [0.25, 0.3) is 5.69 Å². The second-order valence-corrected chi connectivity index (χ2v) is 6.97. The Kier molecular flexibility index (Phi) is 2.84. The molecule has 0 bridgehead atoms. The molecule has 2 aromatic carbocycles. The van der Waals surface area contributed by atoms with E-state index in [4.69, 9.17) is 4.98 Å². The van der Waals surface area contributed by atoms with Crippen LogP contribution in [-0.2, 0) is 6.42 Å². The summed E-state index contributed by atoms with van der Waals surface area (Å²) in [7, 11) is 0. The molecule has 1 N–H and O–H groups in total. The number of imidazole rings is 1. The number of hydrogen-bond donors (Lipinski definition) is 1. The lowest BCUT2D eigenvalue weighted by molar-refractivity contribution is -0.385. The van der Waals surface area contributed by atoms with Crippen LogP contribution in [0.15, 0.2) is 58.6 Å². The lowest BCUT2D eigenvalue weighted by Crippen LogP contribution is -2.03. The summed E-state index contributed by atoms with van der Waals surface area (Å²) in [5.74, 6) is 0.229. The van der Waals surface area contributed by atoms with Crippen molar-refractivity contribution in [2.24, 2.45) is 0 Å². The van der Waals surface area contributed by atoms with Crippen LogP contribution >= 0.6 is 11.8 Å². The Bertz CT molecular complexity index is 1200. The molecule has 6 nitrogen and oxygen atoms in total. The Morgan fingerprint density at radius 2 is 2.08 bits per heavy atom. The van der Waals surface area contributed by atoms with E-state index in [9.17, 15) is 15.2 Å². The molecular formula is C18H11N3O3S. The number of pyridine rings is 1. The summed E-state index contributed by atoms with van der Waals surface area (Å²) in [5, 5.41) is 23.6. The van der Waals surface area contributed by atoms with Crippen LogP contribution in [0, 0.1) is 10.1 Å². The zero-order chi connectivity index (χ0) is 17.1. The summed E-state index contributed by atoms with van der Waals surface area (Å²) in [4.78, 5) is 16.4. The number of aromatic nitrogens is 2. The summed E-state index contributed by atoms with van der Waals surface area (Å²) < 4.78 is 2.01. The third kappa shape index (κ3) is 2.02. The van der Waals surface area contributed by atoms with Crippen LogP contribution in [0.5, 0.6) is 5.75 Å². The van der Waals surface area contributed by atoms with E-state index in [1.807, 2.05) is 22.7 Å². The molecule has 0 saturated carbocycles. The van der Waals surface area contributed by atoms with Crippen LogP contribution in [-0.4, -0.2) is 19.4 Å². The highest BCUT2D eigenvalue weighted by molar-refractivity contribution is 7.99. The lowest BCUT2D eigenvalue weighted by atomic mass is 10.1. The number of fused-ring (bicyclic) bond motifs is 6. The van der Waals surface area contributed by atoms with Gasteiger partial charge in [-0.05, 0) is 23.8 Å². The van der Waals surface area contributed by atoms with Crippen molar-refractivity contribution in [2.75, 3.05) is 0 Å². The number of nitrogens with zero attached hydrogens (tertiary/aromatic N) is 3. The molecule has 0 aliphatic carbocycles. The monoisotopic (exact) mass is 349 g/mol. The maximum absolute atomic E-state index is 11.0. The number of benzene rings is 2. The molecule has 1 aliphatic rings. The van der Waals surface area contributed by atoms with Crippen molar-refractivity contribution in [2.45, 2.75) is 16.3 Å². The van der Waals surface area contributed by atoms with Gasteiger partial charge in [-0.1, -0.05) is 23.9 Å². The molecule has 4 aromatic rings. The van der Waals surface area contributed by atoms with E-state index in [0.29, 0.717) is 6.42 Å². The van der Waals surface area contributed by atoms with Crippen molar-refractivity contribution in [1.82, 2.24) is 9.38 Å². The second kappa shape index (κ2) is 4.97. The number of non-ortho nitro benzene ring substituents is 1. The minimum absolute atomic E-state index is 0.104.